The molecule has 1 aromatic heterocycles. The van der Waals surface area contributed by atoms with Gasteiger partial charge in [-0.3, -0.25) is 9.80 Å². The second kappa shape index (κ2) is 7.68. The Morgan fingerprint density at radius 2 is 1.76 bits per heavy atom. The zero-order chi connectivity index (χ0) is 17.9. The molecule has 1 fully saturated rings. The van der Waals surface area contributed by atoms with E-state index in [1.807, 2.05) is 10.9 Å². The molecular formula is C20H30N4O. The molecule has 1 N–H and O–H groups in total. The van der Waals surface area contributed by atoms with Gasteiger partial charge in [0, 0.05) is 50.9 Å². The average Bonchev–Trinajstić information content (AvgIpc) is 3.08. The van der Waals surface area contributed by atoms with E-state index in [-0.39, 0.29) is 12.0 Å². The molecule has 0 amide bonds. The minimum absolute atomic E-state index is 0.0666. The fourth-order valence-corrected chi connectivity index (χ4v) is 3.24. The molecule has 1 aromatic carbocycles. The quantitative estimate of drug-likeness (QED) is 0.905. The van der Waals surface area contributed by atoms with Crippen molar-refractivity contribution in [3.05, 3.63) is 47.8 Å². The normalized spacial score (nSPS) is 17.1. The molecule has 0 aliphatic carbocycles. The van der Waals surface area contributed by atoms with Gasteiger partial charge < -0.3 is 5.11 Å². The second-order valence-corrected chi connectivity index (χ2v) is 7.91. The van der Waals surface area contributed by atoms with Crippen LogP contribution in [-0.4, -0.2) is 64.0 Å². The van der Waals surface area contributed by atoms with Crippen LogP contribution in [0.2, 0.25) is 0 Å². The summed E-state index contributed by atoms with van der Waals surface area (Å²) in [5.74, 6) is 0. The van der Waals surface area contributed by atoms with E-state index in [0.717, 1.165) is 50.6 Å². The van der Waals surface area contributed by atoms with Gasteiger partial charge in [0.25, 0.3) is 0 Å². The summed E-state index contributed by atoms with van der Waals surface area (Å²) < 4.78 is 1.98. The van der Waals surface area contributed by atoms with Crippen LogP contribution in [0.1, 0.15) is 32.0 Å². The number of hydrogen-bond acceptors (Lipinski definition) is 4. The highest BCUT2D eigenvalue weighted by Crippen LogP contribution is 2.21. The average molecular weight is 342 g/mol. The van der Waals surface area contributed by atoms with Crippen molar-refractivity contribution in [2.75, 3.05) is 39.3 Å². The third-order valence-electron chi connectivity index (χ3n) is 4.82. The van der Waals surface area contributed by atoms with Crippen LogP contribution >= 0.6 is 0 Å². The predicted octanol–water partition coefficient (Wildman–Crippen LogP) is 2.28. The van der Waals surface area contributed by atoms with Gasteiger partial charge in [0.2, 0.25) is 0 Å². The lowest BCUT2D eigenvalue weighted by Gasteiger charge is -2.34. The third-order valence-corrected chi connectivity index (χ3v) is 4.82. The first-order valence-electron chi connectivity index (χ1n) is 9.17. The number of aliphatic hydroxyl groups is 1. The maximum absolute atomic E-state index is 9.05. The van der Waals surface area contributed by atoms with Gasteiger partial charge in [0.15, 0.2) is 0 Å². The Labute approximate surface area is 150 Å². The molecule has 1 aliphatic heterocycles. The molecule has 0 radical (unpaired) electrons. The van der Waals surface area contributed by atoms with Crippen molar-refractivity contribution in [1.82, 2.24) is 19.6 Å². The smallest absolute Gasteiger partial charge is 0.0682 e. The maximum atomic E-state index is 9.05. The highest BCUT2D eigenvalue weighted by Gasteiger charge is 2.18. The second-order valence-electron chi connectivity index (χ2n) is 7.91. The molecule has 0 unspecified atom stereocenters. The van der Waals surface area contributed by atoms with Crippen LogP contribution in [0.15, 0.2) is 36.5 Å². The van der Waals surface area contributed by atoms with E-state index in [4.69, 9.17) is 10.2 Å². The lowest BCUT2D eigenvalue weighted by Crippen LogP contribution is -2.46. The number of hydrogen-bond donors (Lipinski definition) is 1. The lowest BCUT2D eigenvalue weighted by molar-refractivity contribution is 0.108. The number of piperazine rings is 1. The summed E-state index contributed by atoms with van der Waals surface area (Å²) in [6, 6.07) is 10.8. The summed E-state index contributed by atoms with van der Waals surface area (Å²) in [5.41, 5.74) is 3.61. The predicted molar refractivity (Wildman–Crippen MR) is 101 cm³/mol. The van der Waals surface area contributed by atoms with Gasteiger partial charge in [-0.05, 0) is 23.8 Å². The summed E-state index contributed by atoms with van der Waals surface area (Å²) in [5, 5.41) is 13.8. The molecule has 1 saturated heterocycles. The molecule has 3 rings (SSSR count). The van der Waals surface area contributed by atoms with Gasteiger partial charge in [-0.25, -0.2) is 4.68 Å². The molecule has 2 heterocycles. The Morgan fingerprint density at radius 1 is 1.04 bits per heavy atom. The molecule has 0 saturated carbocycles. The van der Waals surface area contributed by atoms with Crippen molar-refractivity contribution in [3.8, 4) is 5.69 Å². The van der Waals surface area contributed by atoms with E-state index < -0.39 is 0 Å². The monoisotopic (exact) mass is 342 g/mol. The third kappa shape index (κ3) is 4.69. The molecule has 0 spiro atoms. The minimum Gasteiger partial charge on any atom is -0.395 e. The van der Waals surface area contributed by atoms with Gasteiger partial charge in [-0.1, -0.05) is 32.9 Å². The minimum atomic E-state index is 0.0666. The fourth-order valence-electron chi connectivity index (χ4n) is 3.24. The standard InChI is InChI=1S/C20H30N4O/c1-20(2,3)19-7-8-24(21-19)18-6-4-5-17(15-18)16-23-11-9-22(10-12-23)13-14-25/h4-8,15,25H,9-14,16H2,1-3H3. The maximum Gasteiger partial charge on any atom is 0.0682 e. The Kier molecular flexibility index (Phi) is 5.57. The number of β-amino-alcohol motifs (C(OH)–C–C–N with tert-alkyl or cyclic N) is 1. The molecule has 1 aliphatic rings. The molecule has 136 valence electrons. The van der Waals surface area contributed by atoms with E-state index in [9.17, 15) is 0 Å². The van der Waals surface area contributed by atoms with Crippen molar-refractivity contribution >= 4 is 0 Å². The van der Waals surface area contributed by atoms with E-state index in [1.165, 1.54) is 5.56 Å². The van der Waals surface area contributed by atoms with E-state index in [2.05, 4.69) is 60.9 Å². The molecule has 25 heavy (non-hydrogen) atoms. The summed E-state index contributed by atoms with van der Waals surface area (Å²) in [6.07, 6.45) is 2.05. The van der Waals surface area contributed by atoms with Crippen molar-refractivity contribution in [3.63, 3.8) is 0 Å². The lowest BCUT2D eigenvalue weighted by atomic mass is 9.93. The molecule has 0 bridgehead atoms. The van der Waals surface area contributed by atoms with Gasteiger partial charge in [-0.2, -0.15) is 5.10 Å². The van der Waals surface area contributed by atoms with E-state index in [1.54, 1.807) is 0 Å². The molecular weight excluding hydrogens is 312 g/mol. The van der Waals surface area contributed by atoms with Crippen molar-refractivity contribution in [1.29, 1.82) is 0 Å². The van der Waals surface area contributed by atoms with Gasteiger partial charge >= 0.3 is 0 Å². The van der Waals surface area contributed by atoms with E-state index in [0.29, 0.717) is 0 Å². The highest BCUT2D eigenvalue weighted by molar-refractivity contribution is 5.35. The summed E-state index contributed by atoms with van der Waals surface area (Å²) in [4.78, 5) is 4.81. The van der Waals surface area contributed by atoms with Crippen molar-refractivity contribution < 1.29 is 5.11 Å². The summed E-state index contributed by atoms with van der Waals surface area (Å²) in [7, 11) is 0. The van der Waals surface area contributed by atoms with Crippen LogP contribution in [0.3, 0.4) is 0 Å². The van der Waals surface area contributed by atoms with Crippen LogP contribution in [0.4, 0.5) is 0 Å². The molecule has 2 aromatic rings. The van der Waals surface area contributed by atoms with Gasteiger partial charge in [0.1, 0.15) is 0 Å². The first-order valence-corrected chi connectivity index (χ1v) is 9.17. The number of benzene rings is 1. The Morgan fingerprint density at radius 3 is 2.40 bits per heavy atom. The largest absolute Gasteiger partial charge is 0.395 e. The first-order chi connectivity index (χ1) is 12.0. The van der Waals surface area contributed by atoms with Crippen LogP contribution in [-0.2, 0) is 12.0 Å². The van der Waals surface area contributed by atoms with Gasteiger partial charge in [0.05, 0.1) is 18.0 Å². The van der Waals surface area contributed by atoms with Crippen LogP contribution in [0, 0.1) is 0 Å². The van der Waals surface area contributed by atoms with Crippen molar-refractivity contribution in [2.45, 2.75) is 32.7 Å². The SMILES string of the molecule is CC(C)(C)c1ccn(-c2cccc(CN3CCN(CCO)CC3)c2)n1. The number of rotatable bonds is 5. The Balaban J connectivity index is 1.65. The van der Waals surface area contributed by atoms with Gasteiger partial charge in [-0.15, -0.1) is 0 Å². The molecule has 5 heteroatoms. The zero-order valence-electron chi connectivity index (χ0n) is 15.6. The zero-order valence-corrected chi connectivity index (χ0v) is 15.6. The number of aromatic nitrogens is 2. The van der Waals surface area contributed by atoms with Crippen LogP contribution in [0.5, 0.6) is 0 Å². The first kappa shape index (κ1) is 18.1. The van der Waals surface area contributed by atoms with Crippen LogP contribution < -0.4 is 0 Å². The Bertz CT molecular complexity index is 681. The van der Waals surface area contributed by atoms with Crippen molar-refractivity contribution in [2.24, 2.45) is 0 Å². The van der Waals surface area contributed by atoms with E-state index >= 15 is 0 Å². The molecule has 0 atom stereocenters. The highest BCUT2D eigenvalue weighted by atomic mass is 16.3. The Hall–Kier alpha value is -1.69. The number of aliphatic hydroxyl groups excluding tert-OH is 1. The summed E-state index contributed by atoms with van der Waals surface area (Å²) >= 11 is 0. The topological polar surface area (TPSA) is 44.5 Å². The summed E-state index contributed by atoms with van der Waals surface area (Å²) in [6.45, 7) is 12.8. The molecule has 5 nitrogen and oxygen atoms in total. The van der Waals surface area contributed by atoms with Crippen LogP contribution in [0.25, 0.3) is 5.69 Å². The number of nitrogens with zero attached hydrogens (tertiary/aromatic N) is 4. The fraction of sp³-hybridized carbons (Fsp3) is 0.550.